The van der Waals surface area contributed by atoms with Crippen molar-refractivity contribution in [1.82, 2.24) is 5.32 Å². The van der Waals surface area contributed by atoms with Crippen LogP contribution in [0.5, 0.6) is 0 Å². The molecule has 0 saturated heterocycles. The third kappa shape index (κ3) is 3.07. The molecule has 0 aliphatic heterocycles. The lowest BCUT2D eigenvalue weighted by molar-refractivity contribution is 0.145. The van der Waals surface area contributed by atoms with Gasteiger partial charge < -0.3 is 5.32 Å². The zero-order chi connectivity index (χ0) is 10.6. The van der Waals surface area contributed by atoms with E-state index < -0.39 is 6.43 Å². The van der Waals surface area contributed by atoms with Crippen molar-refractivity contribution in [2.75, 3.05) is 6.54 Å². The van der Waals surface area contributed by atoms with Gasteiger partial charge in [-0.05, 0) is 30.5 Å². The molecule has 1 aromatic carbocycles. The molecule has 78 valence electrons. The van der Waals surface area contributed by atoms with Crippen LogP contribution < -0.4 is 5.32 Å². The molecule has 1 aromatic rings. The number of aryl methyl sites for hydroxylation is 1. The lowest BCUT2D eigenvalue weighted by Crippen LogP contribution is -2.21. The smallest absolute Gasteiger partial charge is 0.250 e. The summed E-state index contributed by atoms with van der Waals surface area (Å²) in [7, 11) is 0. The Hall–Kier alpha value is -0.960. The fourth-order valence-corrected chi connectivity index (χ4v) is 1.32. The van der Waals surface area contributed by atoms with Crippen LogP contribution >= 0.6 is 0 Å². The zero-order valence-electron chi connectivity index (χ0n) is 8.48. The van der Waals surface area contributed by atoms with Gasteiger partial charge in [-0.2, -0.15) is 0 Å². The molecule has 0 spiro atoms. The second-order valence-electron chi connectivity index (χ2n) is 3.38. The maximum atomic E-state index is 11.9. The minimum atomic E-state index is -2.28. The Morgan fingerprint density at radius 3 is 2.64 bits per heavy atom. The Labute approximate surface area is 83.1 Å². The fraction of sp³-hybridized carbons (Fsp3) is 0.455. The Morgan fingerprint density at radius 1 is 1.29 bits per heavy atom. The van der Waals surface area contributed by atoms with Gasteiger partial charge in [-0.15, -0.1) is 0 Å². The van der Waals surface area contributed by atoms with Gasteiger partial charge in [0.15, 0.2) is 0 Å². The first kappa shape index (κ1) is 11.1. The zero-order valence-corrected chi connectivity index (χ0v) is 8.48. The third-order valence-electron chi connectivity index (χ3n) is 2.33. The van der Waals surface area contributed by atoms with Crippen LogP contribution in [0.3, 0.4) is 0 Å². The predicted octanol–water partition coefficient (Wildman–Crippen LogP) is 2.66. The Bertz CT molecular complexity index is 297. The number of hydrogen-bond donors (Lipinski definition) is 1. The molecule has 14 heavy (non-hydrogen) atoms. The van der Waals surface area contributed by atoms with Crippen molar-refractivity contribution < 1.29 is 8.78 Å². The van der Waals surface area contributed by atoms with Crippen molar-refractivity contribution in [2.24, 2.45) is 0 Å². The molecule has 0 heterocycles. The molecule has 0 unspecified atom stereocenters. The van der Waals surface area contributed by atoms with E-state index in [-0.39, 0.29) is 6.54 Å². The van der Waals surface area contributed by atoms with E-state index >= 15 is 0 Å². The van der Waals surface area contributed by atoms with Gasteiger partial charge in [-0.25, -0.2) is 8.78 Å². The first-order valence-corrected chi connectivity index (χ1v) is 4.65. The summed E-state index contributed by atoms with van der Waals surface area (Å²) < 4.78 is 23.7. The average Bonchev–Trinajstić information content (AvgIpc) is 2.12. The van der Waals surface area contributed by atoms with Crippen molar-refractivity contribution in [1.29, 1.82) is 0 Å². The maximum absolute atomic E-state index is 11.9. The van der Waals surface area contributed by atoms with Crippen LogP contribution in [0.15, 0.2) is 18.2 Å². The first-order valence-electron chi connectivity index (χ1n) is 4.65. The Kier molecular flexibility index (Phi) is 4.01. The lowest BCUT2D eigenvalue weighted by Gasteiger charge is -2.09. The summed E-state index contributed by atoms with van der Waals surface area (Å²) in [5.74, 6) is 0. The van der Waals surface area contributed by atoms with Crippen LogP contribution in [0, 0.1) is 13.8 Å². The van der Waals surface area contributed by atoms with Crippen molar-refractivity contribution in [3.05, 3.63) is 34.9 Å². The molecular formula is C11H15F2N. The minimum absolute atomic E-state index is 0.243. The third-order valence-corrected chi connectivity index (χ3v) is 2.33. The predicted molar refractivity (Wildman–Crippen MR) is 53.6 cm³/mol. The second-order valence-corrected chi connectivity index (χ2v) is 3.38. The van der Waals surface area contributed by atoms with E-state index in [2.05, 4.69) is 5.32 Å². The SMILES string of the molecule is Cc1cccc(CNCC(F)F)c1C. The molecule has 1 N–H and O–H groups in total. The molecule has 0 aliphatic rings. The van der Waals surface area contributed by atoms with E-state index in [1.807, 2.05) is 32.0 Å². The number of rotatable bonds is 4. The highest BCUT2D eigenvalue weighted by Gasteiger charge is 2.03. The monoisotopic (exact) mass is 199 g/mol. The summed E-state index contributed by atoms with van der Waals surface area (Å²) >= 11 is 0. The molecule has 0 aromatic heterocycles. The number of hydrogen-bond acceptors (Lipinski definition) is 1. The van der Waals surface area contributed by atoms with Gasteiger partial charge in [0.2, 0.25) is 0 Å². The number of nitrogens with one attached hydrogen (secondary N) is 1. The minimum Gasteiger partial charge on any atom is -0.307 e. The molecule has 1 nitrogen and oxygen atoms in total. The number of alkyl halides is 2. The summed E-state index contributed by atoms with van der Waals surface area (Å²) in [4.78, 5) is 0. The molecule has 3 heteroatoms. The second kappa shape index (κ2) is 5.05. The van der Waals surface area contributed by atoms with E-state index in [4.69, 9.17) is 0 Å². The van der Waals surface area contributed by atoms with Gasteiger partial charge in [-0.1, -0.05) is 18.2 Å². The van der Waals surface area contributed by atoms with Crippen LogP contribution in [-0.2, 0) is 6.54 Å². The van der Waals surface area contributed by atoms with Gasteiger partial charge in [-0.3, -0.25) is 0 Å². The van der Waals surface area contributed by atoms with E-state index in [9.17, 15) is 8.78 Å². The van der Waals surface area contributed by atoms with Crippen LogP contribution in [0.2, 0.25) is 0 Å². The highest BCUT2D eigenvalue weighted by atomic mass is 19.3. The summed E-state index contributed by atoms with van der Waals surface area (Å²) in [6.07, 6.45) is -2.28. The summed E-state index contributed by atoms with van der Waals surface area (Å²) in [6.45, 7) is 4.30. The largest absolute Gasteiger partial charge is 0.307 e. The van der Waals surface area contributed by atoms with Crippen LogP contribution in [0.1, 0.15) is 16.7 Å². The van der Waals surface area contributed by atoms with E-state index in [1.54, 1.807) is 0 Å². The van der Waals surface area contributed by atoms with Crippen LogP contribution in [-0.4, -0.2) is 13.0 Å². The highest BCUT2D eigenvalue weighted by Crippen LogP contribution is 2.12. The van der Waals surface area contributed by atoms with E-state index in [0.29, 0.717) is 6.54 Å². The van der Waals surface area contributed by atoms with Crippen molar-refractivity contribution in [3.8, 4) is 0 Å². The summed E-state index contributed by atoms with van der Waals surface area (Å²) in [5.41, 5.74) is 3.46. The Balaban J connectivity index is 2.54. The van der Waals surface area contributed by atoms with Crippen molar-refractivity contribution in [2.45, 2.75) is 26.8 Å². The fourth-order valence-electron chi connectivity index (χ4n) is 1.32. The van der Waals surface area contributed by atoms with Gasteiger partial charge in [0.1, 0.15) is 0 Å². The summed E-state index contributed by atoms with van der Waals surface area (Å²) in [6, 6.07) is 5.93. The normalized spacial score (nSPS) is 10.9. The van der Waals surface area contributed by atoms with Crippen LogP contribution in [0.25, 0.3) is 0 Å². The molecule has 1 rings (SSSR count). The molecule has 0 radical (unpaired) electrons. The summed E-state index contributed by atoms with van der Waals surface area (Å²) in [5, 5.41) is 2.72. The van der Waals surface area contributed by atoms with Gasteiger partial charge in [0, 0.05) is 6.54 Å². The molecule has 0 aliphatic carbocycles. The average molecular weight is 199 g/mol. The topological polar surface area (TPSA) is 12.0 Å². The molecule has 0 atom stereocenters. The number of halogens is 2. The van der Waals surface area contributed by atoms with E-state index in [1.165, 1.54) is 11.1 Å². The molecule has 0 amide bonds. The van der Waals surface area contributed by atoms with E-state index in [0.717, 1.165) is 5.56 Å². The van der Waals surface area contributed by atoms with Gasteiger partial charge >= 0.3 is 0 Å². The molecular weight excluding hydrogens is 184 g/mol. The standard InChI is InChI=1S/C11H15F2N/c1-8-4-3-5-10(9(8)2)6-14-7-11(12)13/h3-5,11,14H,6-7H2,1-2H3. The molecule has 0 fully saturated rings. The van der Waals surface area contributed by atoms with Crippen LogP contribution in [0.4, 0.5) is 8.78 Å². The molecule has 0 bridgehead atoms. The van der Waals surface area contributed by atoms with Crippen molar-refractivity contribution in [3.63, 3.8) is 0 Å². The lowest BCUT2D eigenvalue weighted by atomic mass is 10.0. The first-order chi connectivity index (χ1) is 6.61. The maximum Gasteiger partial charge on any atom is 0.250 e. The van der Waals surface area contributed by atoms with Crippen molar-refractivity contribution >= 4 is 0 Å². The van der Waals surface area contributed by atoms with Gasteiger partial charge in [0.25, 0.3) is 6.43 Å². The quantitative estimate of drug-likeness (QED) is 0.786. The van der Waals surface area contributed by atoms with Gasteiger partial charge in [0.05, 0.1) is 6.54 Å². The Morgan fingerprint density at radius 2 is 2.00 bits per heavy atom. The number of benzene rings is 1. The highest BCUT2D eigenvalue weighted by molar-refractivity contribution is 5.32. The molecule has 0 saturated carbocycles.